The lowest BCUT2D eigenvalue weighted by Gasteiger charge is -2.34. The van der Waals surface area contributed by atoms with Gasteiger partial charge >= 0.3 is 0 Å². The molecule has 0 aromatic heterocycles. The molecule has 1 N–H and O–H groups in total. The van der Waals surface area contributed by atoms with E-state index in [1.54, 1.807) is 0 Å². The number of hydrogen-bond donors (Lipinski definition) is 1. The largest absolute Gasteiger partial charge is 0.349 e. The topological polar surface area (TPSA) is 29.1 Å². The van der Waals surface area contributed by atoms with Crippen molar-refractivity contribution in [2.75, 3.05) is 0 Å². The number of carbonyl (C=O) groups is 1. The molecule has 1 fully saturated rings. The lowest BCUT2D eigenvalue weighted by molar-refractivity contribution is 0.0891. The third-order valence-electron chi connectivity index (χ3n) is 4.13. The van der Waals surface area contributed by atoms with E-state index >= 15 is 0 Å². The van der Waals surface area contributed by atoms with Crippen LogP contribution in [-0.4, -0.2) is 11.9 Å². The number of carbonyl (C=O) groups excluding carboxylic acids is 1. The summed E-state index contributed by atoms with van der Waals surface area (Å²) in [6, 6.07) is 8.08. The van der Waals surface area contributed by atoms with E-state index in [1.807, 2.05) is 24.3 Å². The van der Waals surface area contributed by atoms with Gasteiger partial charge in [-0.25, -0.2) is 0 Å². The fourth-order valence-electron chi connectivity index (χ4n) is 2.64. The first-order valence-electron chi connectivity index (χ1n) is 6.64. The van der Waals surface area contributed by atoms with Crippen molar-refractivity contribution >= 4 is 28.5 Å². The van der Waals surface area contributed by atoms with Crippen LogP contribution in [-0.2, 0) is 0 Å². The molecule has 1 saturated carbocycles. The average molecular weight is 357 g/mol. The molecule has 0 aliphatic heterocycles. The Balaban J connectivity index is 2.00. The van der Waals surface area contributed by atoms with E-state index in [0.29, 0.717) is 17.9 Å². The molecular formula is C15H20INO. The molecule has 0 bridgehead atoms. The third kappa shape index (κ3) is 3.25. The molecular weight excluding hydrogens is 337 g/mol. The second-order valence-electron chi connectivity index (χ2n) is 5.35. The van der Waals surface area contributed by atoms with Crippen LogP contribution in [0, 0.1) is 15.4 Å². The van der Waals surface area contributed by atoms with Crippen LogP contribution in [0.25, 0.3) is 0 Å². The maximum atomic E-state index is 12.2. The molecule has 2 rings (SSSR count). The Hall–Kier alpha value is -0.580. The van der Waals surface area contributed by atoms with Crippen molar-refractivity contribution in [1.29, 1.82) is 0 Å². The zero-order valence-electron chi connectivity index (χ0n) is 10.9. The number of hydrogen-bond acceptors (Lipinski definition) is 1. The summed E-state index contributed by atoms with van der Waals surface area (Å²) in [6.07, 6.45) is 3.63. The molecule has 3 heteroatoms. The molecule has 0 heterocycles. The van der Waals surface area contributed by atoms with Gasteiger partial charge in [-0.15, -0.1) is 0 Å². The highest BCUT2D eigenvalue weighted by Crippen LogP contribution is 2.29. The van der Waals surface area contributed by atoms with E-state index in [0.717, 1.165) is 15.6 Å². The van der Waals surface area contributed by atoms with Crippen LogP contribution in [0.2, 0.25) is 0 Å². The third-order valence-corrected chi connectivity index (χ3v) is 4.85. The summed E-state index contributed by atoms with van der Waals surface area (Å²) >= 11 is 2.25. The number of nitrogens with one attached hydrogen (secondary N) is 1. The first-order valence-corrected chi connectivity index (χ1v) is 7.72. The van der Waals surface area contributed by atoms with Crippen molar-refractivity contribution in [2.45, 2.75) is 39.2 Å². The van der Waals surface area contributed by atoms with Gasteiger partial charge in [-0.05, 0) is 65.1 Å². The van der Waals surface area contributed by atoms with Crippen LogP contribution >= 0.6 is 22.6 Å². The highest BCUT2D eigenvalue weighted by Gasteiger charge is 2.28. The zero-order chi connectivity index (χ0) is 13.1. The Morgan fingerprint density at radius 1 is 1.22 bits per heavy atom. The predicted molar refractivity (Wildman–Crippen MR) is 82.6 cm³/mol. The van der Waals surface area contributed by atoms with E-state index in [-0.39, 0.29) is 5.91 Å². The summed E-state index contributed by atoms with van der Waals surface area (Å²) in [7, 11) is 0. The maximum Gasteiger partial charge on any atom is 0.251 e. The number of rotatable bonds is 2. The normalized spacial score (nSPS) is 27.8. The fourth-order valence-corrected chi connectivity index (χ4v) is 3.00. The van der Waals surface area contributed by atoms with Crippen LogP contribution < -0.4 is 5.32 Å². The maximum absolute atomic E-state index is 12.2. The Morgan fingerprint density at radius 3 is 2.56 bits per heavy atom. The van der Waals surface area contributed by atoms with Crippen molar-refractivity contribution in [3.05, 3.63) is 33.4 Å². The van der Waals surface area contributed by atoms with Gasteiger partial charge in [-0.1, -0.05) is 26.7 Å². The quantitative estimate of drug-likeness (QED) is 0.801. The van der Waals surface area contributed by atoms with Crippen molar-refractivity contribution in [3.8, 4) is 0 Å². The minimum atomic E-state index is 0.0670. The van der Waals surface area contributed by atoms with E-state index in [9.17, 15) is 4.79 Å². The van der Waals surface area contributed by atoms with Gasteiger partial charge in [0.2, 0.25) is 0 Å². The molecule has 1 aliphatic carbocycles. The predicted octanol–water partition coefficient (Wildman–Crippen LogP) is 3.85. The average Bonchev–Trinajstić information content (AvgIpc) is 2.36. The second-order valence-corrected chi connectivity index (χ2v) is 6.60. The monoisotopic (exact) mass is 357 g/mol. The van der Waals surface area contributed by atoms with E-state index in [2.05, 4.69) is 41.8 Å². The molecule has 0 saturated heterocycles. The summed E-state index contributed by atoms with van der Waals surface area (Å²) < 4.78 is 1.16. The number of amides is 1. The van der Waals surface area contributed by atoms with Crippen LogP contribution in [0.1, 0.15) is 43.5 Å². The second kappa shape index (κ2) is 6.04. The summed E-state index contributed by atoms with van der Waals surface area (Å²) in [5.41, 5.74) is 0.765. The molecule has 2 nitrogen and oxygen atoms in total. The molecule has 1 aliphatic rings. The van der Waals surface area contributed by atoms with Gasteiger partial charge < -0.3 is 5.32 Å². The number of benzene rings is 1. The van der Waals surface area contributed by atoms with Crippen LogP contribution in [0.15, 0.2) is 24.3 Å². The van der Waals surface area contributed by atoms with Crippen molar-refractivity contribution in [1.82, 2.24) is 5.32 Å². The Kier molecular flexibility index (Phi) is 4.65. The molecule has 0 unspecified atom stereocenters. The lowest BCUT2D eigenvalue weighted by atomic mass is 9.78. The standard InChI is InChI=1S/C15H20INO/c1-10-4-3-5-14(11(10)2)17-15(18)12-6-8-13(16)9-7-12/h6-11,14H,3-5H2,1-2H3,(H,17,18)/t10-,11+,14+/m1/s1. The fraction of sp³-hybridized carbons (Fsp3) is 0.533. The lowest BCUT2D eigenvalue weighted by Crippen LogP contribution is -2.43. The van der Waals surface area contributed by atoms with Gasteiger partial charge in [0.25, 0.3) is 5.91 Å². The number of halogens is 1. The van der Waals surface area contributed by atoms with Crippen molar-refractivity contribution in [3.63, 3.8) is 0 Å². The summed E-state index contributed by atoms with van der Waals surface area (Å²) in [5.74, 6) is 1.35. The molecule has 0 radical (unpaired) electrons. The van der Waals surface area contributed by atoms with Gasteiger partial charge in [0.05, 0.1) is 0 Å². The highest BCUT2D eigenvalue weighted by atomic mass is 127. The Labute approximate surface area is 123 Å². The smallest absolute Gasteiger partial charge is 0.251 e. The van der Waals surface area contributed by atoms with Crippen LogP contribution in [0.5, 0.6) is 0 Å². The SMILES string of the molecule is C[C@H]1[C@H](C)CCC[C@@H]1NC(=O)c1ccc(I)cc1. The van der Waals surface area contributed by atoms with Gasteiger partial charge in [0, 0.05) is 15.2 Å². The minimum absolute atomic E-state index is 0.0670. The van der Waals surface area contributed by atoms with Gasteiger partial charge in [-0.2, -0.15) is 0 Å². The molecule has 18 heavy (non-hydrogen) atoms. The molecule has 1 aromatic carbocycles. The van der Waals surface area contributed by atoms with Crippen LogP contribution in [0.3, 0.4) is 0 Å². The molecule has 98 valence electrons. The summed E-state index contributed by atoms with van der Waals surface area (Å²) in [4.78, 5) is 12.2. The first kappa shape index (κ1) is 13.8. The van der Waals surface area contributed by atoms with Crippen molar-refractivity contribution in [2.24, 2.45) is 11.8 Å². The Morgan fingerprint density at radius 2 is 1.89 bits per heavy atom. The molecule has 0 spiro atoms. The van der Waals surface area contributed by atoms with Gasteiger partial charge in [0.15, 0.2) is 0 Å². The van der Waals surface area contributed by atoms with Gasteiger partial charge in [-0.3, -0.25) is 4.79 Å². The molecule has 1 aromatic rings. The first-order chi connectivity index (χ1) is 8.58. The molecule has 3 atom stereocenters. The van der Waals surface area contributed by atoms with Crippen LogP contribution in [0.4, 0.5) is 0 Å². The van der Waals surface area contributed by atoms with Crippen molar-refractivity contribution < 1.29 is 4.79 Å². The van der Waals surface area contributed by atoms with E-state index < -0.39 is 0 Å². The van der Waals surface area contributed by atoms with Gasteiger partial charge in [0.1, 0.15) is 0 Å². The van der Waals surface area contributed by atoms with E-state index in [4.69, 9.17) is 0 Å². The highest BCUT2D eigenvalue weighted by molar-refractivity contribution is 14.1. The summed E-state index contributed by atoms with van der Waals surface area (Å²) in [6.45, 7) is 4.54. The molecule has 1 amide bonds. The van der Waals surface area contributed by atoms with E-state index in [1.165, 1.54) is 12.8 Å². The minimum Gasteiger partial charge on any atom is -0.349 e. The zero-order valence-corrected chi connectivity index (χ0v) is 13.1. The Bertz CT molecular complexity index is 415. The summed E-state index contributed by atoms with van der Waals surface area (Å²) in [5, 5.41) is 3.19.